The molecule has 1 unspecified atom stereocenters. The molecule has 1 fully saturated rings. The van der Waals surface area contributed by atoms with Gasteiger partial charge in [-0.05, 0) is 47.3 Å². The van der Waals surface area contributed by atoms with Gasteiger partial charge in [0.1, 0.15) is 5.82 Å². The quantitative estimate of drug-likeness (QED) is 0.820. The van der Waals surface area contributed by atoms with E-state index in [0.717, 1.165) is 49.5 Å². The summed E-state index contributed by atoms with van der Waals surface area (Å²) in [6, 6.07) is 2.04. The number of rotatable bonds is 6. The Bertz CT molecular complexity index is 381. The van der Waals surface area contributed by atoms with Gasteiger partial charge in [0.25, 0.3) is 0 Å². The lowest BCUT2D eigenvalue weighted by Gasteiger charge is -2.10. The fourth-order valence-corrected chi connectivity index (χ4v) is 2.04. The van der Waals surface area contributed by atoms with Crippen LogP contribution in [0.15, 0.2) is 16.7 Å². The van der Waals surface area contributed by atoms with Crippen LogP contribution in [0.3, 0.4) is 0 Å². The molecule has 18 heavy (non-hydrogen) atoms. The van der Waals surface area contributed by atoms with Crippen molar-refractivity contribution >= 4 is 21.7 Å². The Labute approximate surface area is 116 Å². The summed E-state index contributed by atoms with van der Waals surface area (Å²) in [4.78, 5) is 4.30. The molecular weight excluding hydrogens is 296 g/mol. The van der Waals surface area contributed by atoms with Crippen molar-refractivity contribution in [3.63, 3.8) is 0 Å². The molecule has 0 bridgehead atoms. The van der Waals surface area contributed by atoms with Gasteiger partial charge in [0.05, 0.1) is 12.7 Å². The van der Waals surface area contributed by atoms with Crippen molar-refractivity contribution in [2.45, 2.75) is 25.9 Å². The van der Waals surface area contributed by atoms with Crippen LogP contribution in [0.1, 0.15) is 18.4 Å². The first-order valence-corrected chi connectivity index (χ1v) is 7.10. The Balaban J connectivity index is 1.61. The minimum absolute atomic E-state index is 0.304. The smallest absolute Gasteiger partial charge is 0.126 e. The van der Waals surface area contributed by atoms with Gasteiger partial charge in [-0.3, -0.25) is 0 Å². The molecule has 1 atom stereocenters. The first-order chi connectivity index (χ1) is 8.75. The minimum atomic E-state index is 0.304. The predicted molar refractivity (Wildman–Crippen MR) is 75.0 cm³/mol. The van der Waals surface area contributed by atoms with Crippen molar-refractivity contribution in [2.24, 2.45) is 0 Å². The van der Waals surface area contributed by atoms with Crippen molar-refractivity contribution in [3.8, 4) is 0 Å². The van der Waals surface area contributed by atoms with E-state index < -0.39 is 0 Å². The van der Waals surface area contributed by atoms with Crippen molar-refractivity contribution in [1.82, 2.24) is 4.98 Å². The van der Waals surface area contributed by atoms with Crippen LogP contribution in [0, 0.1) is 6.92 Å². The van der Waals surface area contributed by atoms with Gasteiger partial charge in [-0.1, -0.05) is 0 Å². The molecule has 1 aliphatic rings. The molecule has 1 N–H and O–H groups in total. The van der Waals surface area contributed by atoms with Crippen LogP contribution >= 0.6 is 15.9 Å². The third kappa shape index (κ3) is 4.23. The van der Waals surface area contributed by atoms with Crippen molar-refractivity contribution in [2.75, 3.05) is 31.7 Å². The molecule has 5 heteroatoms. The number of halogens is 1. The molecule has 1 aromatic heterocycles. The summed E-state index contributed by atoms with van der Waals surface area (Å²) >= 11 is 3.44. The third-order valence-corrected chi connectivity index (χ3v) is 3.75. The fraction of sp³-hybridized carbons (Fsp3) is 0.615. The third-order valence-electron chi connectivity index (χ3n) is 2.92. The molecule has 0 aliphatic carbocycles. The maximum atomic E-state index is 5.69. The first kappa shape index (κ1) is 13.8. The maximum absolute atomic E-state index is 5.69. The molecule has 100 valence electrons. The monoisotopic (exact) mass is 314 g/mol. The normalized spacial score (nSPS) is 19.1. The summed E-state index contributed by atoms with van der Waals surface area (Å²) in [7, 11) is 0. The Kier molecular flexibility index (Phi) is 5.41. The lowest BCUT2D eigenvalue weighted by molar-refractivity contribution is 0.0427. The molecule has 1 aromatic rings. The van der Waals surface area contributed by atoms with Gasteiger partial charge >= 0.3 is 0 Å². The number of ether oxygens (including phenoxy) is 2. The van der Waals surface area contributed by atoms with Gasteiger partial charge in [-0.2, -0.15) is 0 Å². The molecule has 0 radical (unpaired) electrons. The van der Waals surface area contributed by atoms with E-state index >= 15 is 0 Å². The SMILES string of the molecule is Cc1cc(NCCCOC2CCOC2)ncc1Br. The van der Waals surface area contributed by atoms with Crippen molar-refractivity contribution < 1.29 is 9.47 Å². The Morgan fingerprint density at radius 3 is 3.22 bits per heavy atom. The minimum Gasteiger partial charge on any atom is -0.379 e. The van der Waals surface area contributed by atoms with Gasteiger partial charge in [0.2, 0.25) is 0 Å². The Morgan fingerprint density at radius 1 is 1.61 bits per heavy atom. The Morgan fingerprint density at radius 2 is 2.50 bits per heavy atom. The van der Waals surface area contributed by atoms with Crippen molar-refractivity contribution in [1.29, 1.82) is 0 Å². The molecule has 2 heterocycles. The summed E-state index contributed by atoms with van der Waals surface area (Å²) in [6.07, 6.45) is 4.14. The molecule has 0 amide bonds. The topological polar surface area (TPSA) is 43.4 Å². The zero-order valence-electron chi connectivity index (χ0n) is 10.6. The van der Waals surface area contributed by atoms with Crippen LogP contribution in [0.4, 0.5) is 5.82 Å². The lowest BCUT2D eigenvalue weighted by Crippen LogP contribution is -2.15. The van der Waals surface area contributed by atoms with Gasteiger partial charge in [0, 0.05) is 30.4 Å². The summed E-state index contributed by atoms with van der Waals surface area (Å²) in [5, 5.41) is 3.29. The summed E-state index contributed by atoms with van der Waals surface area (Å²) in [5.74, 6) is 0.917. The molecule has 1 saturated heterocycles. The molecule has 0 spiro atoms. The second kappa shape index (κ2) is 7.07. The molecule has 0 saturated carbocycles. The standard InChI is InChI=1S/C13H19BrN2O2/c1-10-7-13(16-8-12(10)14)15-4-2-5-18-11-3-6-17-9-11/h7-8,11H,2-6,9H2,1H3,(H,15,16). The van der Waals surface area contributed by atoms with Gasteiger partial charge < -0.3 is 14.8 Å². The van der Waals surface area contributed by atoms with Crippen LogP contribution in [-0.2, 0) is 9.47 Å². The predicted octanol–water partition coefficient (Wildman–Crippen LogP) is 2.76. The number of nitrogens with zero attached hydrogens (tertiary/aromatic N) is 1. The zero-order valence-corrected chi connectivity index (χ0v) is 12.2. The first-order valence-electron chi connectivity index (χ1n) is 6.31. The van der Waals surface area contributed by atoms with E-state index in [1.807, 2.05) is 12.3 Å². The van der Waals surface area contributed by atoms with Crippen molar-refractivity contribution in [3.05, 3.63) is 22.3 Å². The molecule has 0 aromatic carbocycles. The van der Waals surface area contributed by atoms with Crippen LogP contribution in [0.5, 0.6) is 0 Å². The highest BCUT2D eigenvalue weighted by Crippen LogP contribution is 2.17. The lowest BCUT2D eigenvalue weighted by atomic mass is 10.3. The zero-order chi connectivity index (χ0) is 12.8. The van der Waals surface area contributed by atoms with E-state index in [4.69, 9.17) is 9.47 Å². The van der Waals surface area contributed by atoms with E-state index in [0.29, 0.717) is 6.10 Å². The number of nitrogens with one attached hydrogen (secondary N) is 1. The highest BCUT2D eigenvalue weighted by atomic mass is 79.9. The maximum Gasteiger partial charge on any atom is 0.126 e. The number of hydrogen-bond acceptors (Lipinski definition) is 4. The van der Waals surface area contributed by atoms with Gasteiger partial charge in [0.15, 0.2) is 0 Å². The molecule has 4 nitrogen and oxygen atoms in total. The highest BCUT2D eigenvalue weighted by molar-refractivity contribution is 9.10. The highest BCUT2D eigenvalue weighted by Gasteiger charge is 2.15. The average Bonchev–Trinajstić information content (AvgIpc) is 2.86. The molecular formula is C13H19BrN2O2. The van der Waals surface area contributed by atoms with E-state index in [1.54, 1.807) is 0 Å². The number of aromatic nitrogens is 1. The van der Waals surface area contributed by atoms with Gasteiger partial charge in [-0.25, -0.2) is 4.98 Å². The van der Waals surface area contributed by atoms with Gasteiger partial charge in [-0.15, -0.1) is 0 Å². The fourth-order valence-electron chi connectivity index (χ4n) is 1.82. The number of aryl methyl sites for hydroxylation is 1. The number of pyridine rings is 1. The van der Waals surface area contributed by atoms with E-state index in [9.17, 15) is 0 Å². The Hall–Kier alpha value is -0.650. The summed E-state index contributed by atoms with van der Waals surface area (Å²) in [5.41, 5.74) is 1.19. The summed E-state index contributed by atoms with van der Waals surface area (Å²) < 4.78 is 12.0. The van der Waals surface area contributed by atoms with E-state index in [-0.39, 0.29) is 0 Å². The van der Waals surface area contributed by atoms with Crippen LogP contribution in [0.2, 0.25) is 0 Å². The molecule has 1 aliphatic heterocycles. The largest absolute Gasteiger partial charge is 0.379 e. The average molecular weight is 315 g/mol. The van der Waals surface area contributed by atoms with Crippen LogP contribution in [-0.4, -0.2) is 37.5 Å². The number of anilines is 1. The van der Waals surface area contributed by atoms with E-state index in [1.165, 1.54) is 5.56 Å². The summed E-state index contributed by atoms with van der Waals surface area (Å²) in [6.45, 7) is 5.30. The second-order valence-electron chi connectivity index (χ2n) is 4.46. The van der Waals surface area contributed by atoms with E-state index in [2.05, 4.69) is 33.2 Å². The molecule has 2 rings (SSSR count). The number of hydrogen-bond donors (Lipinski definition) is 1. The van der Waals surface area contributed by atoms with Crippen LogP contribution < -0.4 is 5.32 Å². The second-order valence-corrected chi connectivity index (χ2v) is 5.31. The van der Waals surface area contributed by atoms with Crippen LogP contribution in [0.25, 0.3) is 0 Å².